The van der Waals surface area contributed by atoms with Crippen LogP contribution in [0.4, 0.5) is 5.69 Å². The molecule has 0 N–H and O–H groups in total. The molecule has 2 atom stereocenters. The number of rotatable bonds is 4. The Bertz CT molecular complexity index is 949. The maximum atomic E-state index is 13.3. The number of hydrogen-bond acceptors (Lipinski definition) is 2. The van der Waals surface area contributed by atoms with Crippen LogP contribution in [0, 0.1) is 5.92 Å². The minimum Gasteiger partial charge on any atom is -0.298 e. The van der Waals surface area contributed by atoms with Crippen LogP contribution < -0.4 is 0 Å². The van der Waals surface area contributed by atoms with E-state index in [4.69, 9.17) is 16.6 Å². The Balaban J connectivity index is 1.67. The van der Waals surface area contributed by atoms with Gasteiger partial charge < -0.3 is 0 Å². The standard InChI is InChI=1S/C24H20ClNO/c25-20-13-11-17(12-14-20)15-19-16-22(26-21-9-5-2-6-10-21)23(24(19)27)18-7-3-1-4-8-18/h1-14,19,23H,15-16H2/b26-22+. The van der Waals surface area contributed by atoms with Crippen molar-refractivity contribution in [3.63, 3.8) is 0 Å². The van der Waals surface area contributed by atoms with Crippen molar-refractivity contribution in [2.45, 2.75) is 18.8 Å². The van der Waals surface area contributed by atoms with E-state index < -0.39 is 0 Å². The van der Waals surface area contributed by atoms with Crippen molar-refractivity contribution in [3.8, 4) is 0 Å². The van der Waals surface area contributed by atoms with Gasteiger partial charge in [0.25, 0.3) is 0 Å². The third-order valence-electron chi connectivity index (χ3n) is 5.03. The SMILES string of the molecule is O=C1C(Cc2ccc(Cl)cc2)C/C(=N\c2ccccc2)C1c1ccccc1. The van der Waals surface area contributed by atoms with Crippen molar-refractivity contribution < 1.29 is 4.79 Å². The van der Waals surface area contributed by atoms with Crippen molar-refractivity contribution in [3.05, 3.63) is 101 Å². The highest BCUT2D eigenvalue weighted by Crippen LogP contribution is 2.36. The lowest BCUT2D eigenvalue weighted by molar-refractivity contribution is -0.121. The number of aliphatic imine (C=N–C) groups is 1. The number of carbonyl (C=O) groups is 1. The van der Waals surface area contributed by atoms with Gasteiger partial charge in [0, 0.05) is 16.7 Å². The lowest BCUT2D eigenvalue weighted by Crippen LogP contribution is -2.16. The van der Waals surface area contributed by atoms with E-state index in [1.165, 1.54) is 0 Å². The quantitative estimate of drug-likeness (QED) is 0.549. The number of para-hydroxylation sites is 1. The number of nitrogens with zero attached hydrogens (tertiary/aromatic N) is 1. The van der Waals surface area contributed by atoms with Crippen LogP contribution in [-0.2, 0) is 11.2 Å². The lowest BCUT2D eigenvalue weighted by Gasteiger charge is -2.11. The molecule has 0 radical (unpaired) electrons. The number of halogens is 1. The summed E-state index contributed by atoms with van der Waals surface area (Å²) in [5.41, 5.74) is 4.01. The Kier molecular flexibility index (Phi) is 5.17. The largest absolute Gasteiger partial charge is 0.298 e. The predicted molar refractivity (Wildman–Crippen MR) is 111 cm³/mol. The number of benzene rings is 3. The number of hydrogen-bond donors (Lipinski definition) is 0. The highest BCUT2D eigenvalue weighted by molar-refractivity contribution is 6.30. The van der Waals surface area contributed by atoms with Gasteiger partial charge in [0.15, 0.2) is 0 Å². The average Bonchev–Trinajstić information content (AvgIpc) is 3.00. The monoisotopic (exact) mass is 373 g/mol. The van der Waals surface area contributed by atoms with Crippen LogP contribution in [0.25, 0.3) is 0 Å². The van der Waals surface area contributed by atoms with Crippen molar-refractivity contribution in [2.75, 3.05) is 0 Å². The summed E-state index contributed by atoms with van der Waals surface area (Å²) in [5, 5.41) is 0.713. The molecule has 0 aromatic heterocycles. The summed E-state index contributed by atoms with van der Waals surface area (Å²) >= 11 is 5.99. The Morgan fingerprint density at radius 1 is 0.852 bits per heavy atom. The normalized spacial score (nSPS) is 20.9. The molecule has 27 heavy (non-hydrogen) atoms. The molecule has 2 unspecified atom stereocenters. The molecule has 1 fully saturated rings. The topological polar surface area (TPSA) is 29.4 Å². The summed E-state index contributed by atoms with van der Waals surface area (Å²) in [7, 11) is 0. The zero-order chi connectivity index (χ0) is 18.6. The van der Waals surface area contributed by atoms with Crippen molar-refractivity contribution in [1.82, 2.24) is 0 Å². The van der Waals surface area contributed by atoms with Crippen molar-refractivity contribution >= 4 is 28.8 Å². The molecule has 0 saturated heterocycles. The average molecular weight is 374 g/mol. The smallest absolute Gasteiger partial charge is 0.149 e. The zero-order valence-electron chi connectivity index (χ0n) is 14.9. The summed E-state index contributed by atoms with van der Waals surface area (Å²) in [6.07, 6.45) is 1.41. The molecule has 0 bridgehead atoms. The zero-order valence-corrected chi connectivity index (χ0v) is 15.6. The van der Waals surface area contributed by atoms with E-state index in [1.807, 2.05) is 84.9 Å². The van der Waals surface area contributed by atoms with E-state index in [0.717, 1.165) is 22.5 Å². The van der Waals surface area contributed by atoms with Crippen LogP contribution in [0.3, 0.4) is 0 Å². The van der Waals surface area contributed by atoms with Crippen molar-refractivity contribution in [2.24, 2.45) is 10.9 Å². The lowest BCUT2D eigenvalue weighted by atomic mass is 9.92. The molecule has 1 aliphatic rings. The fraction of sp³-hybridized carbons (Fsp3) is 0.167. The van der Waals surface area contributed by atoms with E-state index in [-0.39, 0.29) is 17.6 Å². The summed E-state index contributed by atoms with van der Waals surface area (Å²) in [6, 6.07) is 27.6. The molecule has 3 aromatic carbocycles. The second-order valence-corrected chi connectivity index (χ2v) is 7.35. The van der Waals surface area contributed by atoms with Gasteiger partial charge in [-0.25, -0.2) is 0 Å². The van der Waals surface area contributed by atoms with E-state index in [2.05, 4.69) is 0 Å². The van der Waals surface area contributed by atoms with Gasteiger partial charge in [0.05, 0.1) is 11.6 Å². The maximum Gasteiger partial charge on any atom is 0.149 e. The third kappa shape index (κ3) is 4.01. The highest BCUT2D eigenvalue weighted by Gasteiger charge is 2.40. The minimum atomic E-state index is -0.260. The third-order valence-corrected chi connectivity index (χ3v) is 5.28. The second kappa shape index (κ2) is 7.89. The van der Waals surface area contributed by atoms with Gasteiger partial charge in [-0.3, -0.25) is 9.79 Å². The van der Waals surface area contributed by atoms with Crippen LogP contribution in [0.2, 0.25) is 5.02 Å². The Hall–Kier alpha value is -2.71. The molecule has 0 spiro atoms. The molecule has 134 valence electrons. The van der Waals surface area contributed by atoms with Crippen LogP contribution in [0.1, 0.15) is 23.5 Å². The molecular weight excluding hydrogens is 354 g/mol. The second-order valence-electron chi connectivity index (χ2n) is 6.92. The molecule has 3 aromatic rings. The first-order chi connectivity index (χ1) is 13.2. The number of ketones is 1. The van der Waals surface area contributed by atoms with Crippen LogP contribution >= 0.6 is 11.6 Å². The van der Waals surface area contributed by atoms with Gasteiger partial charge in [0.2, 0.25) is 0 Å². The summed E-state index contributed by atoms with van der Waals surface area (Å²) < 4.78 is 0. The Morgan fingerprint density at radius 3 is 2.15 bits per heavy atom. The maximum absolute atomic E-state index is 13.3. The van der Waals surface area contributed by atoms with E-state index in [9.17, 15) is 4.79 Å². The molecule has 1 aliphatic carbocycles. The summed E-state index contributed by atoms with van der Waals surface area (Å²) in [5.74, 6) is -0.0617. The van der Waals surface area contributed by atoms with E-state index in [1.54, 1.807) is 0 Å². The van der Waals surface area contributed by atoms with Crippen LogP contribution in [-0.4, -0.2) is 11.5 Å². The van der Waals surface area contributed by atoms with Gasteiger partial charge >= 0.3 is 0 Å². The molecular formula is C24H20ClNO. The molecule has 0 amide bonds. The Morgan fingerprint density at radius 2 is 1.48 bits per heavy atom. The highest BCUT2D eigenvalue weighted by atomic mass is 35.5. The first-order valence-electron chi connectivity index (χ1n) is 9.16. The molecule has 2 nitrogen and oxygen atoms in total. The van der Waals surface area contributed by atoms with Gasteiger partial charge in [0.1, 0.15) is 5.78 Å². The van der Waals surface area contributed by atoms with Crippen LogP contribution in [0.15, 0.2) is 89.9 Å². The van der Waals surface area contributed by atoms with Gasteiger partial charge in [-0.15, -0.1) is 0 Å². The summed E-state index contributed by atoms with van der Waals surface area (Å²) in [4.78, 5) is 18.1. The molecule has 0 heterocycles. The first kappa shape index (κ1) is 17.7. The Labute approximate surface area is 164 Å². The summed E-state index contributed by atoms with van der Waals surface area (Å²) in [6.45, 7) is 0. The van der Waals surface area contributed by atoms with E-state index in [0.29, 0.717) is 17.9 Å². The molecule has 0 aliphatic heterocycles. The number of Topliss-reactive ketones (excluding diaryl/α,β-unsaturated/α-hetero) is 1. The molecule has 1 saturated carbocycles. The van der Waals surface area contributed by atoms with Gasteiger partial charge in [-0.05, 0) is 48.2 Å². The minimum absolute atomic E-state index is 0.0566. The van der Waals surface area contributed by atoms with Crippen molar-refractivity contribution in [1.29, 1.82) is 0 Å². The molecule has 4 rings (SSSR count). The molecule has 3 heteroatoms. The van der Waals surface area contributed by atoms with E-state index >= 15 is 0 Å². The van der Waals surface area contributed by atoms with Gasteiger partial charge in [-0.1, -0.05) is 72.3 Å². The number of carbonyl (C=O) groups excluding carboxylic acids is 1. The predicted octanol–water partition coefficient (Wildman–Crippen LogP) is 6.03. The first-order valence-corrected chi connectivity index (χ1v) is 9.54. The van der Waals surface area contributed by atoms with Gasteiger partial charge in [-0.2, -0.15) is 0 Å². The fourth-order valence-electron chi connectivity index (χ4n) is 3.73. The fourth-order valence-corrected chi connectivity index (χ4v) is 3.86. The van der Waals surface area contributed by atoms with Crippen LogP contribution in [0.5, 0.6) is 0 Å².